The van der Waals surface area contributed by atoms with Gasteiger partial charge in [0.15, 0.2) is 0 Å². The molecular weight excluding hydrogens is 424 g/mol. The molecule has 34 heavy (non-hydrogen) atoms. The minimum absolute atomic E-state index is 0.263. The maximum absolute atomic E-state index is 12.7. The molecule has 4 aliphatic rings. The van der Waals surface area contributed by atoms with Crippen molar-refractivity contribution in [1.82, 2.24) is 0 Å². The lowest BCUT2D eigenvalue weighted by atomic mass is 9.48. The fraction of sp³-hybridized carbons (Fsp3) is 0.733. The lowest BCUT2D eigenvalue weighted by Gasteiger charge is -2.55. The quantitative estimate of drug-likeness (QED) is 0.445. The largest absolute Gasteiger partial charge is 0.481 e. The van der Waals surface area contributed by atoms with Crippen LogP contribution in [-0.4, -0.2) is 28.1 Å². The van der Waals surface area contributed by atoms with Gasteiger partial charge in [-0.1, -0.05) is 65.8 Å². The highest BCUT2D eigenvalue weighted by Crippen LogP contribution is 2.69. The highest BCUT2D eigenvalue weighted by atomic mass is 16.4. The fourth-order valence-electron chi connectivity index (χ4n) is 8.19. The van der Waals surface area contributed by atoms with E-state index in [2.05, 4.69) is 60.3 Å². The van der Waals surface area contributed by atoms with Gasteiger partial charge in [0.1, 0.15) is 5.78 Å². The van der Waals surface area contributed by atoms with E-state index >= 15 is 0 Å². The van der Waals surface area contributed by atoms with Crippen molar-refractivity contribution in [2.24, 2.45) is 45.8 Å². The number of aliphatic hydroxyl groups is 1. The first-order valence-electron chi connectivity index (χ1n) is 13.3. The van der Waals surface area contributed by atoms with Crippen LogP contribution in [0.1, 0.15) is 86.5 Å². The van der Waals surface area contributed by atoms with E-state index < -0.39 is 18.0 Å². The number of allylic oxidation sites excluding steroid dienone is 5. The standard InChI is InChI=1S/C30H44O4/c1-17(2)18(3)8-9-21(27(33)34)26-24(31)16-30(7)23-12-11-22-19(10-13-25(32)28(22,4)5)20(23)14-15-29(26,30)6/h12,14,17,19,21-22,24,26,31H,3,8-11,13,15-16H2,1-2,4-7H3,(H,33,34). The summed E-state index contributed by atoms with van der Waals surface area (Å²) in [6, 6.07) is 0. The maximum atomic E-state index is 12.7. The van der Waals surface area contributed by atoms with Gasteiger partial charge in [-0.3, -0.25) is 9.59 Å². The van der Waals surface area contributed by atoms with Crippen molar-refractivity contribution in [3.05, 3.63) is 35.5 Å². The summed E-state index contributed by atoms with van der Waals surface area (Å²) in [5, 5.41) is 21.7. The van der Waals surface area contributed by atoms with Crippen molar-refractivity contribution in [3.8, 4) is 0 Å². The molecule has 2 N–H and O–H groups in total. The molecule has 0 aromatic heterocycles. The molecule has 4 nitrogen and oxygen atoms in total. The molecule has 0 aromatic rings. The fourth-order valence-corrected chi connectivity index (χ4v) is 8.19. The minimum Gasteiger partial charge on any atom is -0.481 e. The van der Waals surface area contributed by atoms with Crippen LogP contribution in [0.5, 0.6) is 0 Å². The summed E-state index contributed by atoms with van der Waals surface area (Å²) >= 11 is 0. The SMILES string of the molecule is C=C(CCC(C(=O)O)C1C(O)CC2(C)C3=CCC4C(CCC(=O)C4(C)C)C3=CCC12C)C(C)C. The number of ketones is 1. The van der Waals surface area contributed by atoms with Crippen molar-refractivity contribution in [3.63, 3.8) is 0 Å². The summed E-state index contributed by atoms with van der Waals surface area (Å²) in [6.45, 7) is 17.0. The Bertz CT molecular complexity index is 953. The minimum atomic E-state index is -0.800. The van der Waals surface area contributed by atoms with Gasteiger partial charge in [-0.2, -0.15) is 0 Å². The molecule has 0 amide bonds. The number of carbonyl (C=O) groups is 2. The average molecular weight is 469 g/mol. The third kappa shape index (κ3) is 3.58. The zero-order chi connectivity index (χ0) is 25.2. The maximum Gasteiger partial charge on any atom is 0.306 e. The Labute approximate surface area is 205 Å². The van der Waals surface area contributed by atoms with Gasteiger partial charge in [-0.25, -0.2) is 0 Å². The normalized spacial score (nSPS) is 39.5. The second kappa shape index (κ2) is 8.47. The molecule has 0 radical (unpaired) electrons. The first-order chi connectivity index (χ1) is 15.8. The molecule has 4 rings (SSSR count). The van der Waals surface area contributed by atoms with Gasteiger partial charge in [0, 0.05) is 23.2 Å². The van der Waals surface area contributed by atoms with Gasteiger partial charge in [-0.15, -0.1) is 0 Å². The van der Waals surface area contributed by atoms with E-state index in [-0.39, 0.29) is 22.2 Å². The number of rotatable bonds is 6. The molecule has 0 heterocycles. The summed E-state index contributed by atoms with van der Waals surface area (Å²) in [6.07, 6.45) is 9.08. The Hall–Kier alpha value is -1.68. The molecule has 2 fully saturated rings. The Morgan fingerprint density at radius 2 is 1.88 bits per heavy atom. The molecule has 7 unspecified atom stereocenters. The van der Waals surface area contributed by atoms with Crippen molar-refractivity contribution in [2.75, 3.05) is 0 Å². The molecule has 0 spiro atoms. The number of aliphatic carboxylic acids is 1. The van der Waals surface area contributed by atoms with Crippen molar-refractivity contribution < 1.29 is 19.8 Å². The number of carbonyl (C=O) groups excluding carboxylic acids is 1. The van der Waals surface area contributed by atoms with Crippen LogP contribution < -0.4 is 0 Å². The van der Waals surface area contributed by atoms with Gasteiger partial charge < -0.3 is 10.2 Å². The van der Waals surface area contributed by atoms with Crippen LogP contribution in [0.2, 0.25) is 0 Å². The molecule has 4 heteroatoms. The topological polar surface area (TPSA) is 74.6 Å². The Kier molecular flexibility index (Phi) is 6.33. The van der Waals surface area contributed by atoms with Crippen LogP contribution in [0.3, 0.4) is 0 Å². The number of carboxylic acids is 1. The Morgan fingerprint density at radius 1 is 1.21 bits per heavy atom. The van der Waals surface area contributed by atoms with E-state index in [0.29, 0.717) is 49.2 Å². The monoisotopic (exact) mass is 468 g/mol. The Balaban J connectivity index is 1.69. The van der Waals surface area contributed by atoms with Gasteiger partial charge in [0.25, 0.3) is 0 Å². The number of hydrogen-bond donors (Lipinski definition) is 2. The molecule has 188 valence electrons. The summed E-state index contributed by atoms with van der Waals surface area (Å²) in [7, 11) is 0. The summed E-state index contributed by atoms with van der Waals surface area (Å²) in [5.41, 5.74) is 2.89. The van der Waals surface area contributed by atoms with E-state index in [1.54, 1.807) is 0 Å². The van der Waals surface area contributed by atoms with Gasteiger partial charge >= 0.3 is 5.97 Å². The second-order valence-corrected chi connectivity index (χ2v) is 13.0. The smallest absolute Gasteiger partial charge is 0.306 e. The third-order valence-corrected chi connectivity index (χ3v) is 10.8. The Morgan fingerprint density at radius 3 is 2.50 bits per heavy atom. The zero-order valence-corrected chi connectivity index (χ0v) is 22.0. The summed E-state index contributed by atoms with van der Waals surface area (Å²) < 4.78 is 0. The van der Waals surface area contributed by atoms with Crippen LogP contribution in [0.25, 0.3) is 0 Å². The van der Waals surface area contributed by atoms with Crippen molar-refractivity contribution in [2.45, 2.75) is 92.6 Å². The van der Waals surface area contributed by atoms with Crippen molar-refractivity contribution in [1.29, 1.82) is 0 Å². The van der Waals surface area contributed by atoms with Gasteiger partial charge in [-0.05, 0) is 72.8 Å². The lowest BCUT2D eigenvalue weighted by Crippen LogP contribution is -2.49. The number of carboxylic acid groups (broad SMARTS) is 1. The number of Topliss-reactive ketones (excluding diaryl/α,β-unsaturated/α-hetero) is 1. The van der Waals surface area contributed by atoms with Crippen LogP contribution in [0.4, 0.5) is 0 Å². The highest BCUT2D eigenvalue weighted by Gasteiger charge is 2.65. The van der Waals surface area contributed by atoms with Crippen molar-refractivity contribution >= 4 is 11.8 Å². The molecule has 0 aliphatic heterocycles. The zero-order valence-electron chi connectivity index (χ0n) is 22.0. The van der Waals surface area contributed by atoms with E-state index in [0.717, 1.165) is 24.8 Å². The van der Waals surface area contributed by atoms with Crippen LogP contribution >= 0.6 is 0 Å². The van der Waals surface area contributed by atoms with Crippen LogP contribution in [0, 0.1) is 45.8 Å². The molecular formula is C30H44O4. The first kappa shape index (κ1) is 25.4. The highest BCUT2D eigenvalue weighted by molar-refractivity contribution is 5.85. The van der Waals surface area contributed by atoms with Gasteiger partial charge in [0.2, 0.25) is 0 Å². The molecule has 0 aromatic carbocycles. The average Bonchev–Trinajstić information content (AvgIpc) is 2.96. The lowest BCUT2D eigenvalue weighted by molar-refractivity contribution is -0.148. The predicted molar refractivity (Wildman–Crippen MR) is 135 cm³/mol. The predicted octanol–water partition coefficient (Wildman–Crippen LogP) is 6.35. The van der Waals surface area contributed by atoms with Gasteiger partial charge in [0.05, 0.1) is 12.0 Å². The van der Waals surface area contributed by atoms with E-state index in [9.17, 15) is 19.8 Å². The molecule has 0 saturated heterocycles. The molecule has 7 atom stereocenters. The van der Waals surface area contributed by atoms with E-state index in [1.165, 1.54) is 11.1 Å². The molecule has 2 saturated carbocycles. The number of fused-ring (bicyclic) bond motifs is 5. The number of hydrogen-bond acceptors (Lipinski definition) is 3. The van der Waals surface area contributed by atoms with E-state index in [1.807, 2.05) is 0 Å². The first-order valence-corrected chi connectivity index (χ1v) is 13.3. The summed E-state index contributed by atoms with van der Waals surface area (Å²) in [4.78, 5) is 25.2. The third-order valence-electron chi connectivity index (χ3n) is 10.8. The van der Waals surface area contributed by atoms with E-state index in [4.69, 9.17) is 0 Å². The second-order valence-electron chi connectivity index (χ2n) is 13.0. The van der Waals surface area contributed by atoms with Crippen LogP contribution in [-0.2, 0) is 9.59 Å². The molecule has 4 aliphatic carbocycles. The number of aliphatic hydroxyl groups excluding tert-OH is 1. The molecule has 0 bridgehead atoms. The van der Waals surface area contributed by atoms with Crippen LogP contribution in [0.15, 0.2) is 35.5 Å². The summed E-state index contributed by atoms with van der Waals surface area (Å²) in [5.74, 6) is -0.266.